The number of amides is 3. The molecule has 4 N–H and O–H groups in total. The van der Waals surface area contributed by atoms with Gasteiger partial charge >= 0.3 is 6.09 Å². The third kappa shape index (κ3) is 5.47. The van der Waals surface area contributed by atoms with Gasteiger partial charge in [-0.3, -0.25) is 9.59 Å². The molecule has 1 aromatic rings. The van der Waals surface area contributed by atoms with Crippen molar-refractivity contribution in [1.29, 1.82) is 0 Å². The minimum absolute atomic E-state index is 0.0169. The van der Waals surface area contributed by atoms with Gasteiger partial charge in [0.1, 0.15) is 5.75 Å². The molecule has 1 aliphatic carbocycles. The number of allylic oxidation sites excluding steroid dienone is 1. The van der Waals surface area contributed by atoms with E-state index in [2.05, 4.69) is 4.74 Å². The molecule has 9 nitrogen and oxygen atoms in total. The predicted molar refractivity (Wildman–Crippen MR) is 127 cm³/mol. The van der Waals surface area contributed by atoms with Crippen molar-refractivity contribution >= 4 is 24.0 Å². The average Bonchev–Trinajstić information content (AvgIpc) is 3.10. The zero-order valence-corrected chi connectivity index (χ0v) is 20.0. The fourth-order valence-electron chi connectivity index (χ4n) is 5.30. The molecule has 1 saturated heterocycles. The van der Waals surface area contributed by atoms with Gasteiger partial charge in [-0.25, -0.2) is 4.79 Å². The summed E-state index contributed by atoms with van der Waals surface area (Å²) in [4.78, 5) is 38.2. The number of aliphatic hydroxyl groups excluding tert-OH is 3. The minimum Gasteiger partial charge on any atom is -0.508 e. The molecule has 1 aliphatic heterocycles. The maximum Gasteiger partial charge on any atom is 0.423 e. The number of carbonyl (C=O) groups is 3. The van der Waals surface area contributed by atoms with E-state index in [-0.39, 0.29) is 18.6 Å². The Morgan fingerprint density at radius 3 is 2.57 bits per heavy atom. The van der Waals surface area contributed by atoms with E-state index in [0.717, 1.165) is 31.1 Å². The van der Waals surface area contributed by atoms with Crippen molar-refractivity contribution in [3.8, 4) is 5.75 Å². The minimum atomic E-state index is -1.08. The Kier molecular flexibility index (Phi) is 8.82. The molecule has 0 spiro atoms. The standard InChI is InChI=1S/C26H33NO8/c1-3-5-15(10-16-6-4-7-18(30)11-16)8-9-21(31)22-17(13-28)12-19-23(20(22)14-29)25(33)27(24(19)32)26(34)35-2/h4,6-7,10-11,19-21,23,28-31H,3,5,8-9,12-14H2,1-2H3/b15-10+/t19-,20+,21-,23-/m1/s1. The first-order valence-electron chi connectivity index (χ1n) is 11.8. The van der Waals surface area contributed by atoms with Crippen LogP contribution >= 0.6 is 0 Å². The molecular formula is C26H33NO8. The number of ether oxygens (including phenoxy) is 1. The van der Waals surface area contributed by atoms with Crippen molar-refractivity contribution in [3.05, 3.63) is 46.5 Å². The number of nitrogens with zero attached hydrogens (tertiary/aromatic N) is 1. The van der Waals surface area contributed by atoms with Crippen molar-refractivity contribution in [2.75, 3.05) is 20.3 Å². The van der Waals surface area contributed by atoms with Gasteiger partial charge in [-0.2, -0.15) is 4.90 Å². The van der Waals surface area contributed by atoms with Crippen LogP contribution in [0.1, 0.15) is 44.6 Å². The van der Waals surface area contributed by atoms with E-state index in [1.165, 1.54) is 0 Å². The van der Waals surface area contributed by atoms with Gasteiger partial charge in [0.2, 0.25) is 11.8 Å². The lowest BCUT2D eigenvalue weighted by Gasteiger charge is -2.36. The Morgan fingerprint density at radius 1 is 1.23 bits per heavy atom. The van der Waals surface area contributed by atoms with Crippen LogP contribution < -0.4 is 0 Å². The van der Waals surface area contributed by atoms with Crippen molar-refractivity contribution in [2.45, 2.75) is 45.1 Å². The molecule has 3 amide bonds. The Balaban J connectivity index is 1.85. The topological polar surface area (TPSA) is 145 Å². The average molecular weight is 488 g/mol. The number of carbonyl (C=O) groups excluding carboxylic acids is 3. The number of imide groups is 3. The van der Waals surface area contributed by atoms with E-state index in [0.29, 0.717) is 22.5 Å². The summed E-state index contributed by atoms with van der Waals surface area (Å²) in [6, 6.07) is 6.86. The summed E-state index contributed by atoms with van der Waals surface area (Å²) < 4.78 is 4.57. The lowest BCUT2D eigenvalue weighted by molar-refractivity contribution is -0.137. The second-order valence-electron chi connectivity index (χ2n) is 9.03. The zero-order valence-electron chi connectivity index (χ0n) is 20.0. The molecule has 2 aliphatic rings. The first-order valence-corrected chi connectivity index (χ1v) is 11.8. The van der Waals surface area contributed by atoms with E-state index < -0.39 is 55.0 Å². The highest BCUT2D eigenvalue weighted by molar-refractivity contribution is 6.16. The van der Waals surface area contributed by atoms with Gasteiger partial charge in [-0.1, -0.05) is 37.1 Å². The second kappa shape index (κ2) is 11.6. The third-order valence-electron chi connectivity index (χ3n) is 6.84. The Bertz CT molecular complexity index is 1030. The summed E-state index contributed by atoms with van der Waals surface area (Å²) in [6.07, 6.45) is 2.29. The fraction of sp³-hybridized carbons (Fsp3) is 0.500. The molecule has 1 aromatic carbocycles. The van der Waals surface area contributed by atoms with Crippen LogP contribution in [-0.2, 0) is 14.3 Å². The summed E-state index contributed by atoms with van der Waals surface area (Å²) in [5.74, 6) is -4.14. The van der Waals surface area contributed by atoms with Crippen LogP contribution in [0.2, 0.25) is 0 Å². The molecule has 0 bridgehead atoms. The largest absolute Gasteiger partial charge is 0.508 e. The number of benzene rings is 1. The normalized spacial score (nSPS) is 23.5. The molecule has 1 fully saturated rings. The smallest absolute Gasteiger partial charge is 0.423 e. The van der Waals surface area contributed by atoms with Gasteiger partial charge in [0, 0.05) is 5.92 Å². The molecule has 35 heavy (non-hydrogen) atoms. The SMILES string of the molecule is CCC/C(=C\c1cccc(O)c1)CC[C@@H](O)C1=C(CO)C[C@H]2C(=O)N(C(=O)OC)C(=O)[C@H]2[C@H]1CO. The van der Waals surface area contributed by atoms with Crippen LogP contribution in [-0.4, -0.2) is 69.7 Å². The number of phenolic OH excluding ortho intramolecular Hbond substituents is 1. The number of hydrogen-bond acceptors (Lipinski definition) is 8. The van der Waals surface area contributed by atoms with Gasteiger partial charge in [0.15, 0.2) is 0 Å². The van der Waals surface area contributed by atoms with Gasteiger partial charge in [-0.15, -0.1) is 0 Å². The van der Waals surface area contributed by atoms with Crippen molar-refractivity contribution in [2.24, 2.45) is 17.8 Å². The lowest BCUT2D eigenvalue weighted by Crippen LogP contribution is -2.40. The monoisotopic (exact) mass is 487 g/mol. The molecule has 3 rings (SSSR count). The van der Waals surface area contributed by atoms with E-state index in [1.54, 1.807) is 18.2 Å². The summed E-state index contributed by atoms with van der Waals surface area (Å²) >= 11 is 0. The third-order valence-corrected chi connectivity index (χ3v) is 6.84. The number of aromatic hydroxyl groups is 1. The summed E-state index contributed by atoms with van der Waals surface area (Å²) in [7, 11) is 1.07. The van der Waals surface area contributed by atoms with E-state index in [9.17, 15) is 34.8 Å². The highest BCUT2D eigenvalue weighted by Gasteiger charge is 2.57. The molecule has 4 atom stereocenters. The van der Waals surface area contributed by atoms with Crippen LogP contribution in [0.5, 0.6) is 5.75 Å². The predicted octanol–water partition coefficient (Wildman–Crippen LogP) is 2.39. The number of likely N-dealkylation sites (tertiary alicyclic amines) is 1. The number of phenols is 1. The van der Waals surface area contributed by atoms with Crippen molar-refractivity contribution in [1.82, 2.24) is 4.90 Å². The first kappa shape index (κ1) is 26.6. The quantitative estimate of drug-likeness (QED) is 0.307. The lowest BCUT2D eigenvalue weighted by atomic mass is 9.68. The Hall–Kier alpha value is -3.01. The number of rotatable bonds is 9. The maximum absolute atomic E-state index is 13.0. The second-order valence-corrected chi connectivity index (χ2v) is 9.03. The number of aliphatic hydroxyl groups is 3. The van der Waals surface area contributed by atoms with E-state index in [4.69, 9.17) is 0 Å². The van der Waals surface area contributed by atoms with Gasteiger partial charge in [0.25, 0.3) is 0 Å². The van der Waals surface area contributed by atoms with Crippen molar-refractivity contribution in [3.63, 3.8) is 0 Å². The molecule has 190 valence electrons. The maximum atomic E-state index is 13.0. The van der Waals surface area contributed by atoms with E-state index in [1.807, 2.05) is 19.1 Å². The highest BCUT2D eigenvalue weighted by Crippen LogP contribution is 2.46. The fourth-order valence-corrected chi connectivity index (χ4v) is 5.30. The van der Waals surface area contributed by atoms with Gasteiger partial charge in [-0.05, 0) is 54.5 Å². The Morgan fingerprint density at radius 2 is 1.97 bits per heavy atom. The summed E-state index contributed by atoms with van der Waals surface area (Å²) in [5.41, 5.74) is 2.66. The van der Waals surface area contributed by atoms with Crippen LogP contribution in [0.4, 0.5) is 4.79 Å². The number of hydrogen-bond donors (Lipinski definition) is 4. The van der Waals surface area contributed by atoms with Gasteiger partial charge in [0.05, 0.1) is 38.3 Å². The van der Waals surface area contributed by atoms with Crippen LogP contribution in [0.15, 0.2) is 41.0 Å². The molecule has 0 saturated carbocycles. The van der Waals surface area contributed by atoms with Crippen LogP contribution in [0.25, 0.3) is 6.08 Å². The highest BCUT2D eigenvalue weighted by atomic mass is 16.5. The molecule has 1 heterocycles. The van der Waals surface area contributed by atoms with Gasteiger partial charge < -0.3 is 25.2 Å². The van der Waals surface area contributed by atoms with E-state index >= 15 is 0 Å². The molecule has 9 heteroatoms. The first-order chi connectivity index (χ1) is 16.8. The summed E-state index contributed by atoms with van der Waals surface area (Å²) in [6.45, 7) is 1.08. The molecule has 0 unspecified atom stereocenters. The van der Waals surface area contributed by atoms with Crippen LogP contribution in [0.3, 0.4) is 0 Å². The number of fused-ring (bicyclic) bond motifs is 1. The van der Waals surface area contributed by atoms with Crippen molar-refractivity contribution < 1.29 is 39.5 Å². The molecule has 0 aromatic heterocycles. The molecular weight excluding hydrogens is 454 g/mol. The number of methoxy groups -OCH3 is 1. The zero-order chi connectivity index (χ0) is 25.7. The Labute approximate surface area is 204 Å². The van der Waals surface area contributed by atoms with Crippen LogP contribution in [0, 0.1) is 17.8 Å². The summed E-state index contributed by atoms with van der Waals surface area (Å²) in [5, 5.41) is 41.1. The molecule has 0 radical (unpaired) electrons.